The van der Waals surface area contributed by atoms with Crippen LogP contribution in [-0.4, -0.2) is 154 Å². The van der Waals surface area contributed by atoms with Gasteiger partial charge in [-0.15, -0.1) is 0 Å². The Labute approximate surface area is 825 Å². The Morgan fingerprint density at radius 1 is 0.289 bits per heavy atom. The van der Waals surface area contributed by atoms with E-state index in [1.165, 1.54) is 77.0 Å². The Hall–Kier alpha value is -2.81. The predicted molar refractivity (Wildman–Crippen MR) is 511 cm³/mol. The van der Waals surface area contributed by atoms with Crippen molar-refractivity contribution in [2.45, 2.75) is 477 Å². The molecule has 0 aromatic rings. The molecule has 128 heavy (non-hydrogen) atoms. The Kier molecular flexibility index (Phi) is 96.9. The van der Waals surface area contributed by atoms with Crippen molar-refractivity contribution in [3.8, 4) is 0 Å². The van der Waals surface area contributed by atoms with Crippen LogP contribution in [0, 0.1) is 0 Å². The van der Waals surface area contributed by atoms with Crippen LogP contribution in [-0.2, 0) is 84.4 Å². The van der Waals surface area contributed by atoms with E-state index in [9.17, 15) is 52.5 Å². The fraction of sp³-hybridized carbons (Fsp3) is 0.848. The summed E-state index contributed by atoms with van der Waals surface area (Å²) in [4.78, 5) is 116. The number of unbranched alkanes of at least 4 members (excludes halogenated alkanes) is 36. The first kappa shape index (κ1) is 129. The summed E-state index contributed by atoms with van der Waals surface area (Å²) in [5.41, 5.74) is 0. The number of urea groups is 1. The molecular formula is C99H186N4Na2O21P2. The van der Waals surface area contributed by atoms with E-state index in [0.717, 1.165) is 205 Å². The fourth-order valence-electron chi connectivity index (χ4n) is 14.3. The van der Waals surface area contributed by atoms with E-state index in [-0.39, 0.29) is 164 Å². The minimum atomic E-state index is -4.86. The molecule has 25 nitrogen and oxygen atoms in total. The normalized spacial score (nSPS) is 14.0. The fourth-order valence-corrected chi connectivity index (χ4v) is 15.8. The zero-order valence-corrected chi connectivity index (χ0v) is 88.4. The van der Waals surface area contributed by atoms with Crippen molar-refractivity contribution in [2.24, 2.45) is 0 Å². The molecule has 0 saturated heterocycles. The summed E-state index contributed by atoms with van der Waals surface area (Å²) < 4.78 is 84.7. The van der Waals surface area contributed by atoms with Crippen LogP contribution in [0.3, 0.4) is 0 Å². The third-order valence-electron chi connectivity index (χ3n) is 21.8. The molecule has 740 valence electrons. The van der Waals surface area contributed by atoms with Gasteiger partial charge in [0.25, 0.3) is 0 Å². The molecule has 0 spiro atoms. The van der Waals surface area contributed by atoms with Crippen LogP contribution in [0.5, 0.6) is 0 Å². The van der Waals surface area contributed by atoms with Gasteiger partial charge in [-0.2, -0.15) is 0 Å². The number of hydrogen-bond acceptors (Lipinski definition) is 19. The molecule has 0 fully saturated rings. The first-order valence-electron chi connectivity index (χ1n) is 50.6. The summed E-state index contributed by atoms with van der Waals surface area (Å²) in [5, 5.41) is 10.7. The van der Waals surface area contributed by atoms with Crippen LogP contribution in [0.4, 0.5) is 4.79 Å². The Morgan fingerprint density at radius 3 is 0.789 bits per heavy atom. The van der Waals surface area contributed by atoms with E-state index >= 15 is 0 Å². The number of carbonyl (C=O) groups excluding carboxylic acids is 7. The van der Waals surface area contributed by atoms with Crippen molar-refractivity contribution in [1.82, 2.24) is 21.3 Å². The molecule has 0 aliphatic carbocycles. The third-order valence-corrected chi connectivity index (χ3v) is 23.8. The van der Waals surface area contributed by atoms with Crippen molar-refractivity contribution in [2.75, 3.05) is 65.9 Å². The van der Waals surface area contributed by atoms with Gasteiger partial charge in [-0.1, -0.05) is 284 Å². The molecule has 4 amide bonds. The van der Waals surface area contributed by atoms with Crippen molar-refractivity contribution in [1.29, 1.82) is 0 Å². The standard InChI is InChI=1S/C99H184N4O21P2.2Na.2H/c1-9-17-25-33-37-41-45-53-61-69-95(106)121-89(65-57-49-29-21-13-5)73-77-115-83-87(102-93(104)81-91(67-59-51-31-23-15-7)123-97(108)71-63-55-47-43-39-35-27-19-11-3)85-119-125(111,112)117-79-75-100-99(110)101-76-80-118-126(113,114)120-86-88(84-116-78-74-90(66-58-50-30-22-14-6)122-96(107)70-62-54-46-42-38-34-26-18-10-2)103-94(105)82-92(68-60-52-32-24-16-8)124-98(109)72-64-56-48-44-40-36-28-20-12-4;;;;/h41-48,87-92H,9-40,49-86H2,1-8H3,(H,102,104)(H,103,105)(H,111,112)(H,113,114)(H2,100,101,110);;;;/q;2*+1;2*-1/b45-41-,46-42-,47-43+,48-44+;;;;/t87?,88?,89-,90-,91-,92-;;;;/m1..../s1. The molecule has 0 heterocycles. The van der Waals surface area contributed by atoms with E-state index in [4.69, 9.17) is 46.5 Å². The quantitative estimate of drug-likeness (QED) is 0.00823. The first-order chi connectivity index (χ1) is 61.2. The minimum Gasteiger partial charge on any atom is -1.00 e. The van der Waals surface area contributed by atoms with Crippen LogP contribution >= 0.6 is 15.6 Å². The van der Waals surface area contributed by atoms with Crippen LogP contribution in [0.2, 0.25) is 0 Å². The van der Waals surface area contributed by atoms with Crippen molar-refractivity contribution < 1.29 is 161 Å². The molecule has 0 aromatic heterocycles. The Bertz CT molecular complexity index is 2680. The van der Waals surface area contributed by atoms with Gasteiger partial charge in [0.2, 0.25) is 11.8 Å². The molecule has 0 aliphatic heterocycles. The summed E-state index contributed by atoms with van der Waals surface area (Å²) in [6.45, 7) is 14.6. The Morgan fingerprint density at radius 2 is 0.523 bits per heavy atom. The summed E-state index contributed by atoms with van der Waals surface area (Å²) in [5.74, 6) is -2.30. The number of hydrogen-bond donors (Lipinski definition) is 6. The molecule has 0 aromatic carbocycles. The number of allylic oxidation sites excluding steroid dienone is 8. The van der Waals surface area contributed by atoms with Gasteiger partial charge in [-0.05, 0) is 154 Å². The van der Waals surface area contributed by atoms with Crippen molar-refractivity contribution >= 4 is 57.4 Å². The number of nitrogens with one attached hydrogen (secondary N) is 4. The van der Waals surface area contributed by atoms with E-state index in [0.29, 0.717) is 64.2 Å². The minimum absolute atomic E-state index is 0. The van der Waals surface area contributed by atoms with Crippen LogP contribution in [0.1, 0.15) is 443 Å². The average Bonchev–Trinajstić information content (AvgIpc) is 0.901. The summed E-state index contributed by atoms with van der Waals surface area (Å²) in [7, 11) is -9.73. The van der Waals surface area contributed by atoms with Crippen LogP contribution in [0.25, 0.3) is 0 Å². The van der Waals surface area contributed by atoms with Gasteiger partial charge in [0, 0.05) is 51.6 Å². The molecule has 0 aliphatic rings. The van der Waals surface area contributed by atoms with Gasteiger partial charge in [-0.25, -0.2) is 13.9 Å². The van der Waals surface area contributed by atoms with Gasteiger partial charge < -0.3 is 62.3 Å². The summed E-state index contributed by atoms with van der Waals surface area (Å²) in [6.07, 6.45) is 67.2. The largest absolute Gasteiger partial charge is 1.00 e. The summed E-state index contributed by atoms with van der Waals surface area (Å²) in [6, 6.07) is -2.78. The number of phosphoric acid groups is 2. The molecule has 0 bridgehead atoms. The monoisotopic (exact) mass is 1880 g/mol. The van der Waals surface area contributed by atoms with Gasteiger partial charge in [0.15, 0.2) is 0 Å². The number of ether oxygens (including phenoxy) is 6. The van der Waals surface area contributed by atoms with E-state index in [1.807, 2.05) is 0 Å². The molecule has 6 N–H and O–H groups in total. The third kappa shape index (κ3) is 89.7. The van der Waals surface area contributed by atoms with Crippen molar-refractivity contribution in [3.63, 3.8) is 0 Å². The molecule has 0 radical (unpaired) electrons. The molecule has 29 heteroatoms. The van der Waals surface area contributed by atoms with Crippen LogP contribution < -0.4 is 80.4 Å². The smallest absolute Gasteiger partial charge is 1.00 e. The van der Waals surface area contributed by atoms with Gasteiger partial charge >= 0.3 is 105 Å². The molecule has 0 saturated carbocycles. The average molecular weight is 1880 g/mol. The number of carbonyl (C=O) groups is 7. The maximum Gasteiger partial charge on any atom is 1.00 e. The van der Waals surface area contributed by atoms with E-state index in [1.54, 1.807) is 0 Å². The zero-order chi connectivity index (χ0) is 92.6. The second kappa shape index (κ2) is 95.9. The van der Waals surface area contributed by atoms with Gasteiger partial charge in [-0.3, -0.25) is 46.9 Å². The molecule has 8 atom stereocenters. The molecule has 0 rings (SSSR count). The number of rotatable bonds is 94. The molecule has 4 unspecified atom stereocenters. The topological polar surface area (TPSA) is 335 Å². The first-order valence-corrected chi connectivity index (χ1v) is 53.5. The SMILES string of the molecule is CCCCCC/C=C\CCCC(=O)O[C@H](CCCCCCC)CCOCC(COP(=O)(O)OCCNC(=O)NCCOP(=O)(O)OCC(COCC[C@@H](CCCCCCC)OC(=O)CCC/C=C\CCCCCC)NC(=O)C[C@@H](CCCCCCC)OC(=O)CCC/C=C/CCCCCC)NC(=O)C[C@@H](CCCCCCC)OC(=O)CCC/C=C/CCCCCC.[H-].[H-].[Na+].[Na+]. The van der Waals surface area contributed by atoms with Crippen LogP contribution in [0.15, 0.2) is 48.6 Å². The maximum absolute atomic E-state index is 14.0. The maximum atomic E-state index is 14.0. The van der Waals surface area contributed by atoms with Crippen molar-refractivity contribution in [3.05, 3.63) is 48.6 Å². The number of esters is 4. The Balaban J connectivity index is -0.0000130. The summed E-state index contributed by atoms with van der Waals surface area (Å²) >= 11 is 0. The van der Waals surface area contributed by atoms with E-state index in [2.05, 4.69) is 125 Å². The van der Waals surface area contributed by atoms with Gasteiger partial charge in [0.1, 0.15) is 24.4 Å². The van der Waals surface area contributed by atoms with E-state index < -0.39 is 96.4 Å². The number of amides is 4. The molecular weight excluding hydrogens is 1690 g/mol. The second-order valence-electron chi connectivity index (χ2n) is 34.2. The number of phosphoric ester groups is 2. The predicted octanol–water partition coefficient (Wildman–Crippen LogP) is 19.2. The van der Waals surface area contributed by atoms with Gasteiger partial charge in [0.05, 0.1) is 77.8 Å². The zero-order valence-electron chi connectivity index (χ0n) is 84.6. The second-order valence-corrected chi connectivity index (χ2v) is 37.1.